The Kier molecular flexibility index (Phi) is 8.38. The number of thiophene rings is 2. The van der Waals surface area contributed by atoms with E-state index in [0.29, 0.717) is 0 Å². The van der Waals surface area contributed by atoms with Gasteiger partial charge in [-0.25, -0.2) is 11.3 Å². The molecule has 0 bridgehead atoms. The largest absolute Gasteiger partial charge is 0.504 e. The van der Waals surface area contributed by atoms with Gasteiger partial charge in [0.15, 0.2) is 5.78 Å². The number of hydrogen-bond acceptors (Lipinski definition) is 5. The fourth-order valence-electron chi connectivity index (χ4n) is 3.02. The molecule has 0 aliphatic rings. The molecule has 0 atom stereocenters. The third-order valence-corrected chi connectivity index (χ3v) is 6.52. The van der Waals surface area contributed by atoms with Crippen LogP contribution in [0.3, 0.4) is 0 Å². The average molecular weight is 675 g/mol. The minimum absolute atomic E-state index is 0. The summed E-state index contributed by atoms with van der Waals surface area (Å²) in [5, 5.41) is 13.6. The first-order chi connectivity index (χ1) is 15.8. The summed E-state index contributed by atoms with van der Waals surface area (Å²) in [4.78, 5) is 16.9. The van der Waals surface area contributed by atoms with E-state index in [1.165, 1.54) is 27.6 Å². The van der Waals surface area contributed by atoms with Crippen molar-refractivity contribution in [3.05, 3.63) is 101 Å². The van der Waals surface area contributed by atoms with Crippen LogP contribution >= 0.6 is 22.7 Å². The van der Waals surface area contributed by atoms with Gasteiger partial charge in [-0.1, -0.05) is 42.5 Å². The van der Waals surface area contributed by atoms with Gasteiger partial charge >= 0.3 is 6.18 Å². The minimum atomic E-state index is -4.87. The number of rotatable bonds is 3. The number of aromatic nitrogens is 1. The summed E-state index contributed by atoms with van der Waals surface area (Å²) < 4.78 is 36.6. The number of benzene rings is 2. The normalized spacial score (nSPS) is 11.6. The fourth-order valence-corrected chi connectivity index (χ4v) is 4.67. The molecule has 2 aromatic carbocycles. The van der Waals surface area contributed by atoms with Crippen LogP contribution in [0.2, 0.25) is 0 Å². The molecule has 34 heavy (non-hydrogen) atoms. The van der Waals surface area contributed by atoms with Crippen molar-refractivity contribution in [2.45, 2.75) is 6.18 Å². The molecule has 0 saturated heterocycles. The molecule has 3 heterocycles. The summed E-state index contributed by atoms with van der Waals surface area (Å²) in [6.07, 6.45) is -2.82. The van der Waals surface area contributed by atoms with E-state index in [4.69, 9.17) is 5.11 Å². The molecule has 5 rings (SSSR count). The average Bonchev–Trinajstić information content (AvgIpc) is 3.48. The van der Waals surface area contributed by atoms with Crippen molar-refractivity contribution in [3.8, 4) is 10.6 Å². The van der Waals surface area contributed by atoms with Crippen molar-refractivity contribution in [2.75, 3.05) is 0 Å². The molecule has 0 amide bonds. The SMILES string of the molecule is O=C(/C=C(\O)C(F)(F)F)c1cccs1.[Ir].[c-]1c(-c2nccc3ccccc23)sc2ccccc12. The number of alkyl halides is 3. The molecule has 5 aromatic rings. The molecule has 9 heteroatoms. The molecule has 1 radical (unpaired) electrons. The van der Waals surface area contributed by atoms with Crippen LogP contribution in [0.4, 0.5) is 13.2 Å². The van der Waals surface area contributed by atoms with Crippen molar-refractivity contribution in [1.82, 2.24) is 4.98 Å². The van der Waals surface area contributed by atoms with Crippen molar-refractivity contribution >= 4 is 49.3 Å². The zero-order chi connectivity index (χ0) is 23.4. The Hall–Kier alpha value is -2.84. The van der Waals surface area contributed by atoms with Gasteiger partial charge in [-0.3, -0.25) is 4.79 Å². The molecule has 3 aromatic heterocycles. The maximum atomic E-state index is 11.8. The topological polar surface area (TPSA) is 50.2 Å². The van der Waals surface area contributed by atoms with Gasteiger partial charge in [0, 0.05) is 38.1 Å². The van der Waals surface area contributed by atoms with E-state index in [2.05, 4.69) is 53.5 Å². The van der Waals surface area contributed by atoms with Gasteiger partial charge in [-0.15, -0.1) is 34.9 Å². The van der Waals surface area contributed by atoms with Crippen molar-refractivity contribution < 1.29 is 43.2 Å². The Morgan fingerprint density at radius 3 is 2.44 bits per heavy atom. The second-order valence-electron chi connectivity index (χ2n) is 6.80. The van der Waals surface area contributed by atoms with Gasteiger partial charge in [0.2, 0.25) is 5.76 Å². The summed E-state index contributed by atoms with van der Waals surface area (Å²) in [7, 11) is 0. The number of carbonyl (C=O) groups excluding carboxylic acids is 1. The standard InChI is InChI=1S/C17H10NS.C8H5F3O2S.Ir/c1-3-7-14-12(5-1)9-10-18-17(14)16-11-13-6-2-4-8-15(13)19-16;9-8(10,11)7(13)4-5(12)6-2-1-3-14-6;/h1-10H;1-4,13H;/q-1;;/b;7-4-;. The molecule has 3 nitrogen and oxygen atoms in total. The first kappa shape index (κ1) is 25.8. The third kappa shape index (κ3) is 5.98. The summed E-state index contributed by atoms with van der Waals surface area (Å²) >= 11 is 2.76. The number of nitrogens with zero attached hydrogens (tertiary/aromatic N) is 1. The van der Waals surface area contributed by atoms with Gasteiger partial charge in [0.25, 0.3) is 0 Å². The number of aliphatic hydroxyl groups excluding tert-OH is 1. The number of carbonyl (C=O) groups is 1. The van der Waals surface area contributed by atoms with Crippen LogP contribution in [-0.2, 0) is 20.1 Å². The summed E-state index contributed by atoms with van der Waals surface area (Å²) in [6, 6.07) is 25.1. The third-order valence-electron chi connectivity index (χ3n) is 4.56. The molecular weight excluding hydrogens is 660 g/mol. The second-order valence-corrected chi connectivity index (χ2v) is 8.80. The van der Waals surface area contributed by atoms with Crippen LogP contribution in [0.15, 0.2) is 90.1 Å². The van der Waals surface area contributed by atoms with Gasteiger partial charge in [-0.2, -0.15) is 13.2 Å². The van der Waals surface area contributed by atoms with E-state index in [1.54, 1.807) is 16.7 Å². The van der Waals surface area contributed by atoms with Crippen LogP contribution in [0.25, 0.3) is 31.4 Å². The Balaban J connectivity index is 0.000000195. The van der Waals surface area contributed by atoms with Gasteiger partial charge in [0.05, 0.1) is 4.88 Å². The number of aliphatic hydroxyl groups is 1. The molecule has 0 fully saturated rings. The molecule has 0 unspecified atom stereocenters. The van der Waals surface area contributed by atoms with E-state index in [1.807, 2.05) is 18.3 Å². The number of allylic oxidation sites excluding steroid dienone is 2. The minimum Gasteiger partial charge on any atom is -0.504 e. The van der Waals surface area contributed by atoms with Crippen molar-refractivity contribution in [3.63, 3.8) is 0 Å². The molecular formula is C25H15F3IrNO2S2-. The Labute approximate surface area is 214 Å². The quantitative estimate of drug-likeness (QED) is 0.0919. The Morgan fingerprint density at radius 1 is 1.00 bits per heavy atom. The van der Waals surface area contributed by atoms with Crippen LogP contribution in [0.1, 0.15) is 9.67 Å². The Morgan fingerprint density at radius 2 is 1.74 bits per heavy atom. The molecule has 0 aliphatic carbocycles. The summed E-state index contributed by atoms with van der Waals surface area (Å²) in [5.41, 5.74) is 1.03. The van der Waals surface area contributed by atoms with E-state index in [9.17, 15) is 18.0 Å². The molecule has 175 valence electrons. The first-order valence-corrected chi connectivity index (χ1v) is 11.3. The number of fused-ring (bicyclic) bond motifs is 2. The predicted molar refractivity (Wildman–Crippen MR) is 127 cm³/mol. The maximum Gasteiger partial charge on any atom is 0.448 e. The van der Waals surface area contributed by atoms with E-state index in [-0.39, 0.29) is 31.1 Å². The molecule has 1 N–H and O–H groups in total. The van der Waals surface area contributed by atoms with Crippen molar-refractivity contribution in [2.24, 2.45) is 0 Å². The monoisotopic (exact) mass is 675 g/mol. The molecule has 0 spiro atoms. The van der Waals surface area contributed by atoms with Crippen LogP contribution < -0.4 is 0 Å². The Bertz CT molecular complexity index is 1410. The zero-order valence-corrected chi connectivity index (χ0v) is 21.2. The predicted octanol–water partition coefficient (Wildman–Crippen LogP) is 7.85. The molecule has 0 aliphatic heterocycles. The van der Waals surface area contributed by atoms with Crippen molar-refractivity contribution in [1.29, 1.82) is 0 Å². The van der Waals surface area contributed by atoms with E-state index in [0.717, 1.165) is 27.3 Å². The summed E-state index contributed by atoms with van der Waals surface area (Å²) in [5.74, 6) is -2.73. The van der Waals surface area contributed by atoms with Gasteiger partial charge in [0.1, 0.15) is 0 Å². The number of hydrogen-bond donors (Lipinski definition) is 1. The van der Waals surface area contributed by atoms with Gasteiger partial charge in [-0.05, 0) is 37.9 Å². The maximum absolute atomic E-state index is 11.8. The number of ketones is 1. The van der Waals surface area contributed by atoms with Crippen LogP contribution in [0.5, 0.6) is 0 Å². The van der Waals surface area contributed by atoms with Crippen LogP contribution in [-0.4, -0.2) is 22.1 Å². The number of pyridine rings is 1. The smallest absolute Gasteiger partial charge is 0.448 e. The number of halogens is 3. The molecule has 0 saturated carbocycles. The van der Waals surface area contributed by atoms with E-state index >= 15 is 0 Å². The zero-order valence-electron chi connectivity index (χ0n) is 17.2. The van der Waals surface area contributed by atoms with Gasteiger partial charge < -0.3 is 10.1 Å². The summed E-state index contributed by atoms with van der Waals surface area (Å²) in [6.45, 7) is 0. The van der Waals surface area contributed by atoms with Crippen LogP contribution in [0, 0.1) is 6.07 Å². The van der Waals surface area contributed by atoms with E-state index < -0.39 is 17.7 Å². The second kappa shape index (κ2) is 11.1. The fraction of sp³-hybridized carbons (Fsp3) is 0.0400. The first-order valence-electron chi connectivity index (χ1n) is 9.63.